The molecule has 2 aromatic rings. The Kier molecular flexibility index (Phi) is 4.28. The number of nitrogens with zero attached hydrogens (tertiary/aromatic N) is 1. The number of halogens is 1. The molecule has 0 fully saturated rings. The summed E-state index contributed by atoms with van der Waals surface area (Å²) in [6.07, 6.45) is 0.874. The molecule has 3 nitrogen and oxygen atoms in total. The normalized spacial score (nSPS) is 10.8. The van der Waals surface area contributed by atoms with Crippen molar-refractivity contribution in [1.29, 1.82) is 0 Å². The molecule has 0 unspecified atom stereocenters. The molecule has 0 atom stereocenters. The molecule has 96 valence electrons. The molecule has 1 aromatic heterocycles. The van der Waals surface area contributed by atoms with Gasteiger partial charge in [0.1, 0.15) is 0 Å². The minimum Gasteiger partial charge on any atom is -0.505 e. The third kappa shape index (κ3) is 3.51. The molecule has 0 saturated heterocycles. The Hall–Kier alpha value is -1.46. The first-order chi connectivity index (χ1) is 8.65. The number of thiazole rings is 1. The van der Waals surface area contributed by atoms with Crippen molar-refractivity contribution in [2.24, 2.45) is 0 Å². The van der Waals surface area contributed by atoms with Crippen molar-refractivity contribution in [1.82, 2.24) is 10.3 Å². The predicted octanol–water partition coefficient (Wildman–Crippen LogP) is 2.63. The lowest BCUT2D eigenvalue weighted by Crippen LogP contribution is -2.16. The van der Waals surface area contributed by atoms with Gasteiger partial charge in [-0.15, -0.1) is 11.3 Å². The van der Waals surface area contributed by atoms with E-state index in [-0.39, 0.29) is 5.75 Å². The molecule has 1 heterocycles. The van der Waals surface area contributed by atoms with E-state index < -0.39 is 5.82 Å². The van der Waals surface area contributed by atoms with Gasteiger partial charge in [-0.3, -0.25) is 0 Å². The van der Waals surface area contributed by atoms with Crippen LogP contribution in [-0.4, -0.2) is 16.6 Å². The fourth-order valence-corrected chi connectivity index (χ4v) is 2.38. The number of nitrogens with one attached hydrogen (secondary N) is 1. The van der Waals surface area contributed by atoms with Crippen LogP contribution in [0.1, 0.15) is 16.3 Å². The largest absolute Gasteiger partial charge is 0.505 e. The Balaban J connectivity index is 1.76. The second-order valence-corrected chi connectivity index (χ2v) is 5.04. The highest BCUT2D eigenvalue weighted by Crippen LogP contribution is 2.16. The molecule has 0 aliphatic carbocycles. The van der Waals surface area contributed by atoms with Gasteiger partial charge in [-0.1, -0.05) is 6.07 Å². The van der Waals surface area contributed by atoms with E-state index in [0.717, 1.165) is 29.2 Å². The Morgan fingerprint density at radius 2 is 2.28 bits per heavy atom. The Morgan fingerprint density at radius 1 is 1.44 bits per heavy atom. The van der Waals surface area contributed by atoms with E-state index in [1.807, 2.05) is 12.3 Å². The molecule has 0 saturated carbocycles. The summed E-state index contributed by atoms with van der Waals surface area (Å²) in [6.45, 7) is 3.36. The molecule has 0 amide bonds. The molecule has 0 aliphatic rings. The number of hydrogen-bond donors (Lipinski definition) is 2. The van der Waals surface area contributed by atoms with Crippen LogP contribution in [-0.2, 0) is 13.0 Å². The summed E-state index contributed by atoms with van der Waals surface area (Å²) >= 11 is 1.66. The third-order valence-electron chi connectivity index (χ3n) is 2.52. The maximum atomic E-state index is 13.1. The second kappa shape index (κ2) is 5.93. The Labute approximate surface area is 109 Å². The van der Waals surface area contributed by atoms with Gasteiger partial charge in [0, 0.05) is 30.6 Å². The van der Waals surface area contributed by atoms with Crippen LogP contribution in [0.3, 0.4) is 0 Å². The summed E-state index contributed by atoms with van der Waals surface area (Å²) in [5.41, 5.74) is 1.87. The summed E-state index contributed by atoms with van der Waals surface area (Å²) in [7, 11) is 0. The summed E-state index contributed by atoms with van der Waals surface area (Å²) in [5.74, 6) is -0.887. The van der Waals surface area contributed by atoms with Gasteiger partial charge in [0.25, 0.3) is 0 Å². The van der Waals surface area contributed by atoms with E-state index in [0.29, 0.717) is 6.54 Å². The number of aromatic hydroxyl groups is 1. The van der Waals surface area contributed by atoms with E-state index in [1.165, 1.54) is 12.1 Å². The van der Waals surface area contributed by atoms with Crippen LogP contribution in [0.25, 0.3) is 0 Å². The first kappa shape index (κ1) is 13.0. The van der Waals surface area contributed by atoms with E-state index in [4.69, 9.17) is 5.11 Å². The highest BCUT2D eigenvalue weighted by atomic mass is 32.1. The van der Waals surface area contributed by atoms with Crippen LogP contribution in [0, 0.1) is 12.7 Å². The maximum absolute atomic E-state index is 13.1. The zero-order chi connectivity index (χ0) is 13.0. The lowest BCUT2D eigenvalue weighted by atomic mass is 10.2. The minimum absolute atomic E-state index is 0.308. The zero-order valence-corrected chi connectivity index (χ0v) is 10.9. The highest BCUT2D eigenvalue weighted by molar-refractivity contribution is 7.09. The average molecular weight is 266 g/mol. The van der Waals surface area contributed by atoms with Crippen LogP contribution >= 0.6 is 11.3 Å². The van der Waals surface area contributed by atoms with Crippen molar-refractivity contribution in [2.45, 2.75) is 19.9 Å². The number of aryl methyl sites for hydroxylation is 1. The van der Waals surface area contributed by atoms with Crippen LogP contribution < -0.4 is 5.32 Å². The van der Waals surface area contributed by atoms with Crippen molar-refractivity contribution in [2.75, 3.05) is 6.54 Å². The summed E-state index contributed by atoms with van der Waals surface area (Å²) < 4.78 is 13.1. The molecule has 0 radical (unpaired) electrons. The molecule has 2 N–H and O–H groups in total. The number of phenols is 1. The van der Waals surface area contributed by atoms with Crippen molar-refractivity contribution >= 4 is 11.3 Å². The quantitative estimate of drug-likeness (QED) is 0.818. The zero-order valence-electron chi connectivity index (χ0n) is 10.1. The third-order valence-corrected chi connectivity index (χ3v) is 3.55. The Morgan fingerprint density at radius 3 is 2.94 bits per heavy atom. The van der Waals surface area contributed by atoms with Crippen molar-refractivity contribution < 1.29 is 9.50 Å². The number of phenolic OH excluding ortho intramolecular Hbond substituents is 1. The van der Waals surface area contributed by atoms with Crippen molar-refractivity contribution in [3.63, 3.8) is 0 Å². The van der Waals surface area contributed by atoms with Gasteiger partial charge in [-0.2, -0.15) is 0 Å². The standard InChI is InChI=1S/C13H15FN2OS/c1-9-8-18-13(16-9)4-5-15-7-10-2-3-12(17)11(14)6-10/h2-3,6,8,15,17H,4-5,7H2,1H3. The van der Waals surface area contributed by atoms with Gasteiger partial charge >= 0.3 is 0 Å². The van der Waals surface area contributed by atoms with Crippen LogP contribution in [0.15, 0.2) is 23.6 Å². The predicted molar refractivity (Wildman–Crippen MR) is 70.3 cm³/mol. The number of benzene rings is 1. The fourth-order valence-electron chi connectivity index (χ4n) is 1.61. The Bertz CT molecular complexity index is 527. The summed E-state index contributed by atoms with van der Waals surface area (Å²) in [5, 5.41) is 15.4. The monoisotopic (exact) mass is 266 g/mol. The molecule has 2 rings (SSSR count). The number of rotatable bonds is 5. The molecular weight excluding hydrogens is 251 g/mol. The highest BCUT2D eigenvalue weighted by Gasteiger charge is 2.02. The van der Waals surface area contributed by atoms with Crippen LogP contribution in [0.2, 0.25) is 0 Å². The van der Waals surface area contributed by atoms with E-state index >= 15 is 0 Å². The van der Waals surface area contributed by atoms with E-state index in [1.54, 1.807) is 17.4 Å². The van der Waals surface area contributed by atoms with Crippen molar-refractivity contribution in [3.8, 4) is 5.75 Å². The van der Waals surface area contributed by atoms with Gasteiger partial charge in [0.2, 0.25) is 0 Å². The first-order valence-corrected chi connectivity index (χ1v) is 6.62. The molecule has 18 heavy (non-hydrogen) atoms. The van der Waals surface area contributed by atoms with E-state index in [2.05, 4.69) is 10.3 Å². The SMILES string of the molecule is Cc1csc(CCNCc2ccc(O)c(F)c2)n1. The molecule has 1 aromatic carbocycles. The van der Waals surface area contributed by atoms with Gasteiger partial charge in [0.15, 0.2) is 11.6 Å². The van der Waals surface area contributed by atoms with Crippen molar-refractivity contribution in [3.05, 3.63) is 45.7 Å². The number of hydrogen-bond acceptors (Lipinski definition) is 4. The second-order valence-electron chi connectivity index (χ2n) is 4.10. The minimum atomic E-state index is -0.579. The molecule has 0 bridgehead atoms. The molecular formula is C13H15FN2OS. The van der Waals surface area contributed by atoms with Crippen LogP contribution in [0.4, 0.5) is 4.39 Å². The van der Waals surface area contributed by atoms with Gasteiger partial charge < -0.3 is 10.4 Å². The topological polar surface area (TPSA) is 45.1 Å². The molecule has 5 heteroatoms. The fraction of sp³-hybridized carbons (Fsp3) is 0.308. The maximum Gasteiger partial charge on any atom is 0.165 e. The van der Waals surface area contributed by atoms with Crippen LogP contribution in [0.5, 0.6) is 5.75 Å². The summed E-state index contributed by atoms with van der Waals surface area (Å²) in [4.78, 5) is 4.37. The van der Waals surface area contributed by atoms with Gasteiger partial charge in [-0.25, -0.2) is 9.37 Å². The van der Waals surface area contributed by atoms with E-state index in [9.17, 15) is 4.39 Å². The van der Waals surface area contributed by atoms with Gasteiger partial charge in [0.05, 0.1) is 5.01 Å². The molecule has 0 spiro atoms. The first-order valence-electron chi connectivity index (χ1n) is 5.74. The average Bonchev–Trinajstić information content (AvgIpc) is 2.75. The smallest absolute Gasteiger partial charge is 0.165 e. The van der Waals surface area contributed by atoms with Gasteiger partial charge in [-0.05, 0) is 24.6 Å². The summed E-state index contributed by atoms with van der Waals surface area (Å²) in [6, 6.07) is 4.42. The lowest BCUT2D eigenvalue weighted by Gasteiger charge is -2.04. The number of aromatic nitrogens is 1. The molecule has 0 aliphatic heterocycles. The lowest BCUT2D eigenvalue weighted by molar-refractivity contribution is 0.431.